The Morgan fingerprint density at radius 1 is 1.29 bits per heavy atom. The molecule has 0 saturated carbocycles. The quantitative estimate of drug-likeness (QED) is 0.909. The van der Waals surface area contributed by atoms with Crippen LogP contribution in [0.15, 0.2) is 29.2 Å². The van der Waals surface area contributed by atoms with E-state index in [1.165, 1.54) is 0 Å². The van der Waals surface area contributed by atoms with E-state index in [1.807, 2.05) is 25.2 Å². The smallest absolute Gasteiger partial charge is 0.243 e. The SMILES string of the molecule is CCC(NC)c1cccc(S(=O)(=O)N2CC(C)C(C)C2)c1. The second kappa shape index (κ2) is 6.46. The summed E-state index contributed by atoms with van der Waals surface area (Å²) in [5.41, 5.74) is 1.03. The van der Waals surface area contributed by atoms with Crippen molar-refractivity contribution in [2.24, 2.45) is 11.8 Å². The number of hydrogen-bond acceptors (Lipinski definition) is 3. The molecule has 3 unspecified atom stereocenters. The summed E-state index contributed by atoms with van der Waals surface area (Å²) in [4.78, 5) is 0.412. The Balaban J connectivity index is 2.31. The average Bonchev–Trinajstić information content (AvgIpc) is 2.81. The van der Waals surface area contributed by atoms with Crippen LogP contribution in [-0.4, -0.2) is 32.9 Å². The second-order valence-electron chi connectivity index (χ2n) is 6.10. The summed E-state index contributed by atoms with van der Waals surface area (Å²) in [6, 6.07) is 7.53. The van der Waals surface area contributed by atoms with Gasteiger partial charge >= 0.3 is 0 Å². The molecule has 0 spiro atoms. The van der Waals surface area contributed by atoms with Gasteiger partial charge in [0.25, 0.3) is 0 Å². The molecule has 1 saturated heterocycles. The van der Waals surface area contributed by atoms with E-state index in [0.717, 1.165) is 12.0 Å². The zero-order chi connectivity index (χ0) is 15.6. The maximum atomic E-state index is 12.8. The minimum atomic E-state index is -3.37. The monoisotopic (exact) mass is 310 g/mol. The Morgan fingerprint density at radius 3 is 2.43 bits per heavy atom. The zero-order valence-electron chi connectivity index (χ0n) is 13.3. The van der Waals surface area contributed by atoms with Crippen molar-refractivity contribution in [1.82, 2.24) is 9.62 Å². The molecular formula is C16H26N2O2S. The van der Waals surface area contributed by atoms with Crippen LogP contribution in [0.1, 0.15) is 38.8 Å². The van der Waals surface area contributed by atoms with E-state index < -0.39 is 10.0 Å². The predicted molar refractivity (Wildman–Crippen MR) is 85.6 cm³/mol. The molecule has 1 N–H and O–H groups in total. The molecule has 3 atom stereocenters. The van der Waals surface area contributed by atoms with Crippen LogP contribution in [0.4, 0.5) is 0 Å². The van der Waals surface area contributed by atoms with Crippen LogP contribution in [0.25, 0.3) is 0 Å². The van der Waals surface area contributed by atoms with Crippen LogP contribution in [0.3, 0.4) is 0 Å². The molecule has 5 heteroatoms. The summed E-state index contributed by atoms with van der Waals surface area (Å²) >= 11 is 0. The van der Waals surface area contributed by atoms with Crippen molar-refractivity contribution in [2.45, 2.75) is 38.1 Å². The Morgan fingerprint density at radius 2 is 1.90 bits per heavy atom. The van der Waals surface area contributed by atoms with Crippen molar-refractivity contribution >= 4 is 10.0 Å². The Labute approximate surface area is 128 Å². The van der Waals surface area contributed by atoms with E-state index >= 15 is 0 Å². The van der Waals surface area contributed by atoms with E-state index in [-0.39, 0.29) is 6.04 Å². The average molecular weight is 310 g/mol. The molecule has 0 amide bonds. The van der Waals surface area contributed by atoms with Crippen molar-refractivity contribution in [2.75, 3.05) is 20.1 Å². The topological polar surface area (TPSA) is 49.4 Å². The maximum Gasteiger partial charge on any atom is 0.243 e. The molecular weight excluding hydrogens is 284 g/mol. The van der Waals surface area contributed by atoms with E-state index in [0.29, 0.717) is 29.8 Å². The summed E-state index contributed by atoms with van der Waals surface area (Å²) in [5.74, 6) is 0.840. The molecule has 2 rings (SSSR count). The lowest BCUT2D eigenvalue weighted by Gasteiger charge is -2.19. The fraction of sp³-hybridized carbons (Fsp3) is 0.625. The minimum Gasteiger partial charge on any atom is -0.313 e. The number of nitrogens with one attached hydrogen (secondary N) is 1. The number of nitrogens with zero attached hydrogens (tertiary/aromatic N) is 1. The van der Waals surface area contributed by atoms with Gasteiger partial charge in [-0.2, -0.15) is 4.31 Å². The second-order valence-corrected chi connectivity index (χ2v) is 8.04. The van der Waals surface area contributed by atoms with Gasteiger partial charge in [0.05, 0.1) is 4.90 Å². The van der Waals surface area contributed by atoms with E-state index in [1.54, 1.807) is 10.4 Å². The van der Waals surface area contributed by atoms with E-state index in [4.69, 9.17) is 0 Å². The summed E-state index contributed by atoms with van der Waals surface area (Å²) < 4.78 is 27.2. The molecule has 118 valence electrons. The van der Waals surface area contributed by atoms with Crippen LogP contribution >= 0.6 is 0 Å². The van der Waals surface area contributed by atoms with Crippen LogP contribution < -0.4 is 5.32 Å². The Hall–Kier alpha value is -0.910. The highest BCUT2D eigenvalue weighted by molar-refractivity contribution is 7.89. The predicted octanol–water partition coefficient (Wildman–Crippen LogP) is 2.63. The molecule has 1 aromatic carbocycles. The first kappa shape index (κ1) is 16.5. The van der Waals surface area contributed by atoms with Crippen molar-refractivity contribution in [3.05, 3.63) is 29.8 Å². The first-order valence-corrected chi connectivity index (χ1v) is 9.11. The molecule has 21 heavy (non-hydrogen) atoms. The lowest BCUT2D eigenvalue weighted by molar-refractivity contribution is 0.463. The molecule has 0 radical (unpaired) electrons. The molecule has 1 heterocycles. The maximum absolute atomic E-state index is 12.8. The Kier molecular flexibility index (Phi) is 5.07. The van der Waals surface area contributed by atoms with E-state index in [9.17, 15) is 8.42 Å². The van der Waals surface area contributed by atoms with Crippen LogP contribution in [0, 0.1) is 11.8 Å². The Bertz CT molecular complexity index is 572. The first-order chi connectivity index (χ1) is 9.90. The van der Waals surface area contributed by atoms with Crippen LogP contribution in [0.2, 0.25) is 0 Å². The van der Waals surface area contributed by atoms with Gasteiger partial charge in [-0.25, -0.2) is 8.42 Å². The highest BCUT2D eigenvalue weighted by Crippen LogP contribution is 2.29. The molecule has 0 aromatic heterocycles. The summed E-state index contributed by atoms with van der Waals surface area (Å²) in [6.07, 6.45) is 0.928. The highest BCUT2D eigenvalue weighted by atomic mass is 32.2. The van der Waals surface area contributed by atoms with Gasteiger partial charge in [0.1, 0.15) is 0 Å². The van der Waals surface area contributed by atoms with Gasteiger partial charge in [-0.15, -0.1) is 0 Å². The fourth-order valence-electron chi connectivity index (χ4n) is 2.92. The van der Waals surface area contributed by atoms with Gasteiger partial charge in [0, 0.05) is 19.1 Å². The molecule has 0 bridgehead atoms. The van der Waals surface area contributed by atoms with Gasteiger partial charge in [0.2, 0.25) is 10.0 Å². The third-order valence-corrected chi connectivity index (χ3v) is 6.44. The number of rotatable bonds is 5. The molecule has 1 aliphatic rings. The van der Waals surface area contributed by atoms with Crippen molar-refractivity contribution in [3.8, 4) is 0 Å². The van der Waals surface area contributed by atoms with Crippen LogP contribution in [0.5, 0.6) is 0 Å². The third-order valence-electron chi connectivity index (χ3n) is 4.61. The summed E-state index contributed by atoms with van der Waals surface area (Å²) in [6.45, 7) is 7.57. The first-order valence-electron chi connectivity index (χ1n) is 7.67. The number of sulfonamides is 1. The largest absolute Gasteiger partial charge is 0.313 e. The molecule has 1 aliphatic heterocycles. The molecule has 4 nitrogen and oxygen atoms in total. The molecule has 1 fully saturated rings. The van der Waals surface area contributed by atoms with Gasteiger partial charge in [-0.05, 0) is 43.0 Å². The van der Waals surface area contributed by atoms with Crippen molar-refractivity contribution < 1.29 is 8.42 Å². The van der Waals surface area contributed by atoms with Crippen molar-refractivity contribution in [3.63, 3.8) is 0 Å². The molecule has 1 aromatic rings. The normalized spacial score (nSPS) is 25.1. The van der Waals surface area contributed by atoms with E-state index in [2.05, 4.69) is 26.1 Å². The number of hydrogen-bond donors (Lipinski definition) is 1. The van der Waals surface area contributed by atoms with Crippen LogP contribution in [-0.2, 0) is 10.0 Å². The summed E-state index contributed by atoms with van der Waals surface area (Å²) in [5, 5.41) is 3.22. The van der Waals surface area contributed by atoms with Gasteiger partial charge in [0.15, 0.2) is 0 Å². The van der Waals surface area contributed by atoms with Gasteiger partial charge in [-0.3, -0.25) is 0 Å². The third kappa shape index (κ3) is 3.30. The lowest BCUT2D eigenvalue weighted by Crippen LogP contribution is -2.29. The zero-order valence-corrected chi connectivity index (χ0v) is 14.2. The summed E-state index contributed by atoms with van der Waals surface area (Å²) in [7, 11) is -1.47. The van der Waals surface area contributed by atoms with Gasteiger partial charge < -0.3 is 5.32 Å². The standard InChI is InChI=1S/C16H26N2O2S/c1-5-16(17-4)14-7-6-8-15(9-14)21(19,20)18-10-12(2)13(3)11-18/h6-9,12-13,16-17H,5,10-11H2,1-4H3. The van der Waals surface area contributed by atoms with Gasteiger partial charge in [-0.1, -0.05) is 32.9 Å². The highest BCUT2D eigenvalue weighted by Gasteiger charge is 2.35. The minimum absolute atomic E-state index is 0.191. The van der Waals surface area contributed by atoms with Crippen molar-refractivity contribution in [1.29, 1.82) is 0 Å². The lowest BCUT2D eigenvalue weighted by atomic mass is 10.0. The molecule has 0 aliphatic carbocycles. The fourth-order valence-corrected chi connectivity index (χ4v) is 4.62. The number of benzene rings is 1.